The molecule has 0 saturated heterocycles. The summed E-state index contributed by atoms with van der Waals surface area (Å²) in [5.41, 5.74) is 4.90. The Morgan fingerprint density at radius 3 is 2.13 bits per heavy atom. The Hall–Kier alpha value is -4.52. The number of carboxylic acid groups (broad SMARTS) is 1. The minimum Gasteiger partial charge on any atom is -0.497 e. The van der Waals surface area contributed by atoms with Gasteiger partial charge in [-0.3, -0.25) is 4.79 Å². The van der Waals surface area contributed by atoms with Crippen LogP contribution in [0.2, 0.25) is 0 Å². The minimum atomic E-state index is -1.09. The molecular weight excluding hydrogens is 478 g/mol. The van der Waals surface area contributed by atoms with Gasteiger partial charge in [-0.1, -0.05) is 69.3 Å². The van der Waals surface area contributed by atoms with Gasteiger partial charge in [-0.25, -0.2) is 14.8 Å². The first-order chi connectivity index (χ1) is 18.1. The van der Waals surface area contributed by atoms with Gasteiger partial charge in [0.2, 0.25) is 0 Å². The number of aromatic nitrogens is 2. The number of nitrogens with zero attached hydrogens (tertiary/aromatic N) is 2. The van der Waals surface area contributed by atoms with Crippen LogP contribution in [-0.2, 0) is 16.6 Å². The molecule has 0 spiro atoms. The quantitative estimate of drug-likeness (QED) is 0.323. The zero-order valence-electron chi connectivity index (χ0n) is 21.9. The molecule has 3 aromatic carbocycles. The smallest absolute Gasteiger partial charge is 0.326 e. The number of hydrogen-bond acceptors (Lipinski definition) is 5. The van der Waals surface area contributed by atoms with Crippen molar-refractivity contribution < 1.29 is 19.4 Å². The fourth-order valence-corrected chi connectivity index (χ4v) is 4.02. The number of amides is 1. The molecule has 1 atom stereocenters. The van der Waals surface area contributed by atoms with Crippen molar-refractivity contribution in [2.45, 2.75) is 38.6 Å². The van der Waals surface area contributed by atoms with Gasteiger partial charge in [-0.2, -0.15) is 0 Å². The van der Waals surface area contributed by atoms with Crippen molar-refractivity contribution in [3.8, 4) is 28.3 Å². The molecule has 1 heterocycles. The predicted molar refractivity (Wildman–Crippen MR) is 147 cm³/mol. The molecule has 0 fully saturated rings. The summed E-state index contributed by atoms with van der Waals surface area (Å²) in [6, 6.07) is 21.2. The second kappa shape index (κ2) is 11.3. The average molecular weight is 510 g/mol. The van der Waals surface area contributed by atoms with E-state index < -0.39 is 17.9 Å². The van der Waals surface area contributed by atoms with Gasteiger partial charge in [0.25, 0.3) is 5.91 Å². The molecule has 7 heteroatoms. The van der Waals surface area contributed by atoms with Crippen LogP contribution in [0.1, 0.15) is 42.3 Å². The molecule has 0 aliphatic heterocycles. The lowest BCUT2D eigenvalue weighted by atomic mass is 9.86. The summed E-state index contributed by atoms with van der Waals surface area (Å²) >= 11 is 0. The van der Waals surface area contributed by atoms with Gasteiger partial charge in [0.05, 0.1) is 7.11 Å². The number of benzene rings is 3. The largest absolute Gasteiger partial charge is 0.497 e. The lowest BCUT2D eigenvalue weighted by Gasteiger charge is -2.19. The molecule has 0 aliphatic carbocycles. The van der Waals surface area contributed by atoms with Gasteiger partial charge in [0.1, 0.15) is 11.8 Å². The maximum atomic E-state index is 12.7. The summed E-state index contributed by atoms with van der Waals surface area (Å²) in [7, 11) is 1.63. The molecule has 4 rings (SSSR count). The van der Waals surface area contributed by atoms with Crippen molar-refractivity contribution in [1.82, 2.24) is 15.3 Å². The minimum absolute atomic E-state index is 0.0339. The lowest BCUT2D eigenvalue weighted by Crippen LogP contribution is -2.42. The molecule has 0 aliphatic rings. The van der Waals surface area contributed by atoms with Crippen LogP contribution in [-0.4, -0.2) is 40.1 Å². The zero-order valence-corrected chi connectivity index (χ0v) is 21.9. The van der Waals surface area contributed by atoms with E-state index >= 15 is 0 Å². The summed E-state index contributed by atoms with van der Waals surface area (Å²) in [6.07, 6.45) is 3.67. The standard InChI is InChI=1S/C31H31N3O4/c1-31(2,3)25-14-12-22(13-15-25)29(35)34-27(30(36)37)16-20-8-10-21(11-9-20)28-32-18-24(19-33-28)23-6-5-7-26(17-23)38-4/h5-15,17-19,27H,16H2,1-4H3,(H,34,35)(H,36,37)/t27-/m0/s1. The number of ether oxygens (including phenoxy) is 1. The maximum Gasteiger partial charge on any atom is 0.326 e. The van der Waals surface area contributed by atoms with Crippen LogP contribution in [0.3, 0.4) is 0 Å². The first kappa shape index (κ1) is 26.5. The Balaban J connectivity index is 1.42. The zero-order chi connectivity index (χ0) is 27.3. The molecule has 1 amide bonds. The monoisotopic (exact) mass is 509 g/mol. The van der Waals surface area contributed by atoms with Gasteiger partial charge in [0.15, 0.2) is 5.82 Å². The maximum absolute atomic E-state index is 12.7. The summed E-state index contributed by atoms with van der Waals surface area (Å²) in [5, 5.41) is 12.4. The summed E-state index contributed by atoms with van der Waals surface area (Å²) in [5.74, 6) is -0.189. The number of nitrogens with one attached hydrogen (secondary N) is 1. The van der Waals surface area contributed by atoms with E-state index in [1.165, 1.54) is 0 Å². The van der Waals surface area contributed by atoms with Gasteiger partial charge in [0, 0.05) is 35.5 Å². The molecule has 1 aromatic heterocycles. The van der Waals surface area contributed by atoms with Crippen LogP contribution < -0.4 is 10.1 Å². The molecule has 0 bridgehead atoms. The Kier molecular flexibility index (Phi) is 7.86. The highest BCUT2D eigenvalue weighted by molar-refractivity contribution is 5.96. The average Bonchev–Trinajstić information content (AvgIpc) is 2.92. The van der Waals surface area contributed by atoms with E-state index in [1.807, 2.05) is 60.7 Å². The van der Waals surface area contributed by atoms with Crippen molar-refractivity contribution in [2.75, 3.05) is 7.11 Å². The van der Waals surface area contributed by atoms with Crippen LogP contribution in [0.15, 0.2) is 85.2 Å². The number of carbonyl (C=O) groups is 2. The van der Waals surface area contributed by atoms with Crippen LogP contribution in [0.4, 0.5) is 0 Å². The normalized spacial score (nSPS) is 12.0. The third kappa shape index (κ3) is 6.42. The number of rotatable bonds is 8. The first-order valence-electron chi connectivity index (χ1n) is 12.3. The van der Waals surface area contributed by atoms with Gasteiger partial charge < -0.3 is 15.2 Å². The van der Waals surface area contributed by atoms with Crippen LogP contribution in [0.5, 0.6) is 5.75 Å². The topological polar surface area (TPSA) is 101 Å². The Morgan fingerprint density at radius 1 is 0.895 bits per heavy atom. The summed E-state index contributed by atoms with van der Waals surface area (Å²) in [6.45, 7) is 6.28. The van der Waals surface area contributed by atoms with E-state index in [4.69, 9.17) is 4.74 Å². The molecule has 4 aromatic rings. The number of carboxylic acids is 1. The number of carbonyl (C=O) groups excluding carboxylic acids is 1. The van der Waals surface area contributed by atoms with Crippen LogP contribution in [0, 0.1) is 0 Å². The summed E-state index contributed by atoms with van der Waals surface area (Å²) in [4.78, 5) is 33.6. The van der Waals surface area contributed by atoms with Crippen LogP contribution >= 0.6 is 0 Å². The second-order valence-corrected chi connectivity index (χ2v) is 10.1. The molecule has 38 heavy (non-hydrogen) atoms. The molecule has 0 saturated carbocycles. The molecule has 2 N–H and O–H groups in total. The van der Waals surface area contributed by atoms with Gasteiger partial charge in [-0.15, -0.1) is 0 Å². The first-order valence-corrected chi connectivity index (χ1v) is 12.3. The van der Waals surface area contributed by atoms with Crippen molar-refractivity contribution in [3.63, 3.8) is 0 Å². The van der Waals surface area contributed by atoms with E-state index in [9.17, 15) is 14.7 Å². The Bertz CT molecular complexity index is 1410. The van der Waals surface area contributed by atoms with Gasteiger partial charge >= 0.3 is 5.97 Å². The van der Waals surface area contributed by atoms with E-state index in [1.54, 1.807) is 31.6 Å². The Labute approximate surface area is 222 Å². The van der Waals surface area contributed by atoms with Crippen molar-refractivity contribution >= 4 is 11.9 Å². The fourth-order valence-electron chi connectivity index (χ4n) is 4.02. The van der Waals surface area contributed by atoms with Crippen molar-refractivity contribution in [2.24, 2.45) is 0 Å². The van der Waals surface area contributed by atoms with E-state index in [0.29, 0.717) is 11.4 Å². The number of hydrogen-bond donors (Lipinski definition) is 2. The number of aliphatic carboxylic acids is 1. The second-order valence-electron chi connectivity index (χ2n) is 10.1. The van der Waals surface area contributed by atoms with E-state index in [-0.39, 0.29) is 11.8 Å². The van der Waals surface area contributed by atoms with Gasteiger partial charge in [-0.05, 0) is 46.4 Å². The predicted octanol–water partition coefficient (Wildman–Crippen LogP) is 5.54. The highest BCUT2D eigenvalue weighted by Gasteiger charge is 2.22. The fraction of sp³-hybridized carbons (Fsp3) is 0.226. The molecule has 194 valence electrons. The third-order valence-electron chi connectivity index (χ3n) is 6.32. The molecule has 7 nitrogen and oxygen atoms in total. The summed E-state index contributed by atoms with van der Waals surface area (Å²) < 4.78 is 5.28. The van der Waals surface area contributed by atoms with Crippen molar-refractivity contribution in [3.05, 3.63) is 102 Å². The van der Waals surface area contributed by atoms with Crippen molar-refractivity contribution in [1.29, 1.82) is 0 Å². The Morgan fingerprint density at radius 2 is 1.55 bits per heavy atom. The third-order valence-corrected chi connectivity index (χ3v) is 6.32. The molecular formula is C31H31N3O4. The van der Waals surface area contributed by atoms with Crippen LogP contribution in [0.25, 0.3) is 22.5 Å². The lowest BCUT2D eigenvalue weighted by molar-refractivity contribution is -0.139. The molecule has 0 unspecified atom stereocenters. The highest BCUT2D eigenvalue weighted by atomic mass is 16.5. The van der Waals surface area contributed by atoms with E-state index in [2.05, 4.69) is 36.1 Å². The molecule has 0 radical (unpaired) electrons. The number of methoxy groups -OCH3 is 1. The highest BCUT2D eigenvalue weighted by Crippen LogP contribution is 2.25. The SMILES string of the molecule is COc1cccc(-c2cnc(-c3ccc(C[C@H](NC(=O)c4ccc(C(C)(C)C)cc4)C(=O)O)cc3)nc2)c1. The van der Waals surface area contributed by atoms with E-state index in [0.717, 1.165) is 33.6 Å².